The average molecular weight is 299 g/mol. The molecule has 0 saturated heterocycles. The molecular formula is C16H17N3OS. The largest absolute Gasteiger partial charge is 0.355 e. The number of hydrogen-bond acceptors (Lipinski definition) is 3. The molecule has 0 radical (unpaired) electrons. The van der Waals surface area contributed by atoms with Crippen molar-refractivity contribution in [2.45, 2.75) is 12.8 Å². The van der Waals surface area contributed by atoms with Gasteiger partial charge in [0.15, 0.2) is 0 Å². The fraction of sp³-hybridized carbons (Fsp3) is 0.250. The topological polar surface area (TPSA) is 46.9 Å². The maximum absolute atomic E-state index is 11.8. The molecule has 0 aliphatic rings. The van der Waals surface area contributed by atoms with Crippen LogP contribution in [0.4, 0.5) is 0 Å². The quantitative estimate of drug-likeness (QED) is 0.787. The fourth-order valence-corrected chi connectivity index (χ4v) is 3.17. The molecule has 1 N–H and O–H groups in total. The zero-order valence-electron chi connectivity index (χ0n) is 11.9. The molecule has 0 unspecified atom stereocenters. The molecule has 3 aromatic rings. The van der Waals surface area contributed by atoms with Gasteiger partial charge in [0.05, 0.1) is 6.42 Å². The van der Waals surface area contributed by atoms with Gasteiger partial charge in [0.2, 0.25) is 5.91 Å². The summed E-state index contributed by atoms with van der Waals surface area (Å²) in [6.07, 6.45) is 5.17. The van der Waals surface area contributed by atoms with Gasteiger partial charge in [0.1, 0.15) is 5.65 Å². The lowest BCUT2D eigenvalue weighted by molar-refractivity contribution is -0.120. The van der Waals surface area contributed by atoms with E-state index in [1.165, 1.54) is 5.56 Å². The molecule has 3 rings (SSSR count). The normalized spacial score (nSPS) is 10.9. The Balaban J connectivity index is 1.58. The summed E-state index contributed by atoms with van der Waals surface area (Å²) in [5, 5.41) is 6.13. The lowest BCUT2D eigenvalue weighted by Crippen LogP contribution is -2.26. The number of aryl methyl sites for hydroxylation is 1. The van der Waals surface area contributed by atoms with Crippen LogP contribution in [0.2, 0.25) is 0 Å². The van der Waals surface area contributed by atoms with Gasteiger partial charge in [-0.05, 0) is 35.6 Å². The minimum absolute atomic E-state index is 0.0795. The molecule has 0 fully saturated rings. The maximum Gasteiger partial charge on any atom is 0.225 e. The number of rotatable bonds is 5. The van der Waals surface area contributed by atoms with Gasteiger partial charge < -0.3 is 9.88 Å². The second kappa shape index (κ2) is 6.10. The summed E-state index contributed by atoms with van der Waals surface area (Å²) >= 11 is 1.61. The van der Waals surface area contributed by atoms with Crippen LogP contribution in [0.15, 0.2) is 42.0 Å². The second-order valence-electron chi connectivity index (χ2n) is 5.00. The number of pyridine rings is 1. The minimum Gasteiger partial charge on any atom is -0.355 e. The molecule has 0 atom stereocenters. The van der Waals surface area contributed by atoms with Crippen LogP contribution in [0, 0.1) is 0 Å². The Morgan fingerprint density at radius 1 is 1.38 bits per heavy atom. The van der Waals surface area contributed by atoms with E-state index in [9.17, 15) is 4.79 Å². The highest BCUT2D eigenvalue weighted by molar-refractivity contribution is 7.10. The predicted molar refractivity (Wildman–Crippen MR) is 85.5 cm³/mol. The van der Waals surface area contributed by atoms with Crippen molar-refractivity contribution in [1.29, 1.82) is 0 Å². The first-order valence-electron chi connectivity index (χ1n) is 6.92. The van der Waals surface area contributed by atoms with E-state index in [1.807, 2.05) is 35.2 Å². The van der Waals surface area contributed by atoms with Gasteiger partial charge in [-0.3, -0.25) is 4.79 Å². The Bertz CT molecular complexity index is 746. The lowest BCUT2D eigenvalue weighted by Gasteiger charge is -2.03. The lowest BCUT2D eigenvalue weighted by atomic mass is 10.1. The Morgan fingerprint density at radius 2 is 2.29 bits per heavy atom. The van der Waals surface area contributed by atoms with Crippen molar-refractivity contribution in [1.82, 2.24) is 14.9 Å². The van der Waals surface area contributed by atoms with Gasteiger partial charge in [-0.25, -0.2) is 4.98 Å². The van der Waals surface area contributed by atoms with E-state index in [4.69, 9.17) is 0 Å². The predicted octanol–water partition coefficient (Wildman–Crippen LogP) is 2.54. The van der Waals surface area contributed by atoms with Gasteiger partial charge in [-0.15, -0.1) is 11.3 Å². The molecule has 3 heterocycles. The Labute approximate surface area is 127 Å². The van der Waals surface area contributed by atoms with E-state index >= 15 is 0 Å². The number of carbonyl (C=O) groups excluding carboxylic acids is 1. The molecule has 0 aliphatic carbocycles. The molecule has 0 saturated carbocycles. The number of fused-ring (bicyclic) bond motifs is 1. The van der Waals surface area contributed by atoms with Crippen LogP contribution < -0.4 is 5.32 Å². The molecule has 4 nitrogen and oxygen atoms in total. The summed E-state index contributed by atoms with van der Waals surface area (Å²) in [7, 11) is 1.99. The van der Waals surface area contributed by atoms with Gasteiger partial charge >= 0.3 is 0 Å². The molecule has 1 amide bonds. The average Bonchev–Trinajstić information content (AvgIpc) is 3.09. The number of aromatic nitrogens is 2. The van der Waals surface area contributed by atoms with Crippen molar-refractivity contribution in [2.24, 2.45) is 7.05 Å². The SMILES string of the molecule is Cn1cc(CCNC(=O)Cc2cccs2)c2cccnc21. The molecule has 0 aliphatic heterocycles. The fourth-order valence-electron chi connectivity index (χ4n) is 2.46. The van der Waals surface area contributed by atoms with Crippen molar-refractivity contribution >= 4 is 28.3 Å². The van der Waals surface area contributed by atoms with Gasteiger partial charge in [-0.1, -0.05) is 6.07 Å². The highest BCUT2D eigenvalue weighted by Crippen LogP contribution is 2.18. The molecule has 21 heavy (non-hydrogen) atoms. The molecule has 0 aromatic carbocycles. The summed E-state index contributed by atoms with van der Waals surface area (Å²) in [6, 6.07) is 7.98. The molecule has 0 bridgehead atoms. The third-order valence-electron chi connectivity index (χ3n) is 3.45. The van der Waals surface area contributed by atoms with E-state index in [-0.39, 0.29) is 5.91 Å². The van der Waals surface area contributed by atoms with Crippen LogP contribution in [0.25, 0.3) is 11.0 Å². The third kappa shape index (κ3) is 3.13. The van der Waals surface area contributed by atoms with Gasteiger partial charge in [-0.2, -0.15) is 0 Å². The number of nitrogens with one attached hydrogen (secondary N) is 1. The molecule has 3 aromatic heterocycles. The Morgan fingerprint density at radius 3 is 3.10 bits per heavy atom. The van der Waals surface area contributed by atoms with Crippen molar-refractivity contribution in [3.8, 4) is 0 Å². The summed E-state index contributed by atoms with van der Waals surface area (Å²) in [5.41, 5.74) is 2.20. The van der Waals surface area contributed by atoms with Crippen LogP contribution >= 0.6 is 11.3 Å². The first-order chi connectivity index (χ1) is 10.2. The summed E-state index contributed by atoms with van der Waals surface area (Å²) < 4.78 is 2.03. The smallest absolute Gasteiger partial charge is 0.225 e. The van der Waals surface area contributed by atoms with E-state index in [2.05, 4.69) is 22.6 Å². The van der Waals surface area contributed by atoms with E-state index in [1.54, 1.807) is 17.5 Å². The maximum atomic E-state index is 11.8. The molecular weight excluding hydrogens is 282 g/mol. The van der Waals surface area contributed by atoms with E-state index in [0.29, 0.717) is 13.0 Å². The second-order valence-corrected chi connectivity index (χ2v) is 6.03. The van der Waals surface area contributed by atoms with E-state index in [0.717, 1.165) is 22.3 Å². The van der Waals surface area contributed by atoms with Crippen LogP contribution in [0.1, 0.15) is 10.4 Å². The van der Waals surface area contributed by atoms with Gasteiger partial charge in [0, 0.05) is 36.2 Å². The first-order valence-corrected chi connectivity index (χ1v) is 7.80. The van der Waals surface area contributed by atoms with Crippen LogP contribution in [-0.2, 0) is 24.7 Å². The number of amides is 1. The number of carbonyl (C=O) groups is 1. The number of thiophene rings is 1. The zero-order valence-corrected chi connectivity index (χ0v) is 12.7. The third-order valence-corrected chi connectivity index (χ3v) is 4.32. The monoisotopic (exact) mass is 299 g/mol. The Hall–Kier alpha value is -2.14. The number of hydrogen-bond donors (Lipinski definition) is 1. The Kier molecular flexibility index (Phi) is 4.01. The van der Waals surface area contributed by atoms with Crippen LogP contribution in [-0.4, -0.2) is 22.0 Å². The highest BCUT2D eigenvalue weighted by Gasteiger charge is 2.08. The molecule has 108 valence electrons. The first kappa shape index (κ1) is 13.8. The molecule has 5 heteroatoms. The summed E-state index contributed by atoms with van der Waals surface area (Å²) in [6.45, 7) is 0.651. The van der Waals surface area contributed by atoms with Crippen molar-refractivity contribution in [3.63, 3.8) is 0 Å². The zero-order chi connectivity index (χ0) is 14.7. The van der Waals surface area contributed by atoms with Crippen LogP contribution in [0.3, 0.4) is 0 Å². The summed E-state index contributed by atoms with van der Waals surface area (Å²) in [5.74, 6) is 0.0795. The molecule has 0 spiro atoms. The van der Waals surface area contributed by atoms with Crippen LogP contribution in [0.5, 0.6) is 0 Å². The highest BCUT2D eigenvalue weighted by atomic mass is 32.1. The van der Waals surface area contributed by atoms with E-state index < -0.39 is 0 Å². The standard InChI is InChI=1S/C16H17N3OS/c1-19-11-12(14-5-2-7-18-16(14)19)6-8-17-15(20)10-13-4-3-9-21-13/h2-5,7,9,11H,6,8,10H2,1H3,(H,17,20). The minimum atomic E-state index is 0.0795. The van der Waals surface area contributed by atoms with Crippen molar-refractivity contribution in [3.05, 3.63) is 52.5 Å². The van der Waals surface area contributed by atoms with Crippen molar-refractivity contribution < 1.29 is 4.79 Å². The summed E-state index contributed by atoms with van der Waals surface area (Å²) in [4.78, 5) is 17.3. The van der Waals surface area contributed by atoms with Crippen molar-refractivity contribution in [2.75, 3.05) is 6.54 Å². The van der Waals surface area contributed by atoms with Gasteiger partial charge in [0.25, 0.3) is 0 Å². The number of nitrogens with zero attached hydrogens (tertiary/aromatic N) is 2.